The van der Waals surface area contributed by atoms with E-state index >= 15 is 0 Å². The molecule has 0 heterocycles. The number of hydrogen-bond acceptors (Lipinski definition) is 6. The Kier molecular flexibility index (Phi) is 9.22. The first-order valence-corrected chi connectivity index (χ1v) is 11.3. The number of anilines is 1. The zero-order valence-electron chi connectivity index (χ0n) is 16.0. The largest absolute Gasteiger partial charge is 0.506 e. The third kappa shape index (κ3) is 6.76. The van der Waals surface area contributed by atoms with Crippen molar-refractivity contribution in [1.29, 1.82) is 0 Å². The van der Waals surface area contributed by atoms with E-state index in [0.29, 0.717) is 14.6 Å². The smallest absolute Gasteiger partial charge is 0.412 e. The van der Waals surface area contributed by atoms with Gasteiger partial charge < -0.3 is 19.7 Å². The van der Waals surface area contributed by atoms with E-state index in [1.54, 1.807) is 36.0 Å². The third-order valence-electron chi connectivity index (χ3n) is 3.93. The molecule has 0 radical (unpaired) electrons. The SMILES string of the molecule is CO[C@@H](/C=C/C(=O)O)[C@@H](OC(=O)Nc1ccc(SC)cc1)c1cc(Br)cc(Br)c1O. The van der Waals surface area contributed by atoms with Gasteiger partial charge in [-0.05, 0) is 64.7 Å². The van der Waals surface area contributed by atoms with E-state index in [1.165, 1.54) is 13.2 Å². The fourth-order valence-electron chi connectivity index (χ4n) is 2.53. The summed E-state index contributed by atoms with van der Waals surface area (Å²) in [5.74, 6) is -1.35. The molecule has 10 heteroatoms. The van der Waals surface area contributed by atoms with Crippen LogP contribution in [0.1, 0.15) is 11.7 Å². The van der Waals surface area contributed by atoms with Crippen LogP contribution in [0.15, 0.2) is 62.4 Å². The molecule has 2 aromatic carbocycles. The van der Waals surface area contributed by atoms with Gasteiger partial charge in [0.15, 0.2) is 6.10 Å². The van der Waals surface area contributed by atoms with Gasteiger partial charge in [-0.2, -0.15) is 0 Å². The lowest BCUT2D eigenvalue weighted by Gasteiger charge is -2.25. The van der Waals surface area contributed by atoms with Gasteiger partial charge in [0.25, 0.3) is 0 Å². The number of methoxy groups -OCH3 is 1. The van der Waals surface area contributed by atoms with Crippen molar-refractivity contribution in [3.05, 3.63) is 63.1 Å². The number of hydrogen-bond donors (Lipinski definition) is 3. The summed E-state index contributed by atoms with van der Waals surface area (Å²) >= 11 is 8.14. The van der Waals surface area contributed by atoms with Gasteiger partial charge in [-0.3, -0.25) is 5.32 Å². The molecule has 0 bridgehead atoms. The molecule has 1 amide bonds. The number of ether oxygens (including phenoxy) is 2. The molecule has 160 valence electrons. The molecule has 2 rings (SSSR count). The summed E-state index contributed by atoms with van der Waals surface area (Å²) in [5, 5.41) is 22.1. The molecule has 3 N–H and O–H groups in total. The molecule has 7 nitrogen and oxygen atoms in total. The van der Waals surface area contributed by atoms with Crippen molar-refractivity contribution in [2.75, 3.05) is 18.7 Å². The van der Waals surface area contributed by atoms with Crippen LogP contribution in [0, 0.1) is 0 Å². The maximum absolute atomic E-state index is 12.6. The Labute approximate surface area is 194 Å². The van der Waals surface area contributed by atoms with Crippen LogP contribution >= 0.6 is 43.6 Å². The van der Waals surface area contributed by atoms with Gasteiger partial charge in [-0.1, -0.05) is 15.9 Å². The molecule has 0 saturated carbocycles. The lowest BCUT2D eigenvalue weighted by atomic mass is 10.0. The van der Waals surface area contributed by atoms with E-state index in [1.807, 2.05) is 18.4 Å². The van der Waals surface area contributed by atoms with Crippen LogP contribution in [0.2, 0.25) is 0 Å². The first kappa shape index (κ1) is 24.3. The summed E-state index contributed by atoms with van der Waals surface area (Å²) in [4.78, 5) is 24.5. The highest BCUT2D eigenvalue weighted by Gasteiger charge is 2.29. The molecule has 0 unspecified atom stereocenters. The quantitative estimate of drug-likeness (QED) is 0.286. The second-order valence-electron chi connectivity index (χ2n) is 5.90. The van der Waals surface area contributed by atoms with Gasteiger partial charge in [0.05, 0.1) is 4.47 Å². The Morgan fingerprint density at radius 3 is 2.43 bits per heavy atom. The van der Waals surface area contributed by atoms with E-state index in [-0.39, 0.29) is 11.3 Å². The first-order chi connectivity index (χ1) is 14.2. The summed E-state index contributed by atoms with van der Waals surface area (Å²) in [6.45, 7) is 0. The number of carboxylic acids is 1. The average molecular weight is 561 g/mol. The lowest BCUT2D eigenvalue weighted by molar-refractivity contribution is -0.131. The summed E-state index contributed by atoms with van der Waals surface area (Å²) in [6.07, 6.45) is 1.16. The Balaban J connectivity index is 2.34. The summed E-state index contributed by atoms with van der Waals surface area (Å²) in [5.41, 5.74) is 0.747. The van der Waals surface area contributed by atoms with Crippen LogP contribution in [0.3, 0.4) is 0 Å². The fourth-order valence-corrected chi connectivity index (χ4v) is 4.19. The number of thioether (sulfide) groups is 1. The molecule has 0 saturated heterocycles. The molecule has 0 spiro atoms. The Morgan fingerprint density at radius 2 is 1.87 bits per heavy atom. The normalized spacial score (nSPS) is 13.1. The van der Waals surface area contributed by atoms with Crippen molar-refractivity contribution in [1.82, 2.24) is 0 Å². The van der Waals surface area contributed by atoms with Gasteiger partial charge in [0.2, 0.25) is 0 Å². The molecular formula is C20H19Br2NO6S. The van der Waals surface area contributed by atoms with Crippen molar-refractivity contribution in [2.24, 2.45) is 0 Å². The van der Waals surface area contributed by atoms with Crippen LogP contribution < -0.4 is 5.32 Å². The maximum Gasteiger partial charge on any atom is 0.412 e. The topological polar surface area (TPSA) is 105 Å². The van der Waals surface area contributed by atoms with E-state index < -0.39 is 24.3 Å². The number of halogens is 2. The minimum atomic E-state index is -1.19. The minimum absolute atomic E-state index is 0.161. The van der Waals surface area contributed by atoms with Crippen molar-refractivity contribution in [2.45, 2.75) is 17.1 Å². The Hall–Kier alpha value is -2.01. The van der Waals surface area contributed by atoms with Gasteiger partial charge in [-0.15, -0.1) is 11.8 Å². The lowest BCUT2D eigenvalue weighted by Crippen LogP contribution is -2.27. The number of aliphatic carboxylic acids is 1. The molecular weight excluding hydrogens is 542 g/mol. The van der Waals surface area contributed by atoms with Gasteiger partial charge >= 0.3 is 12.1 Å². The molecule has 0 aliphatic heterocycles. The predicted octanol–water partition coefficient (Wildman–Crippen LogP) is 5.58. The van der Waals surface area contributed by atoms with Crippen molar-refractivity contribution in [3.63, 3.8) is 0 Å². The first-order valence-electron chi connectivity index (χ1n) is 8.48. The molecule has 0 fully saturated rings. The number of nitrogens with one attached hydrogen (secondary N) is 1. The number of benzene rings is 2. The number of amides is 1. The average Bonchev–Trinajstić information content (AvgIpc) is 2.70. The number of aromatic hydroxyl groups is 1. The second-order valence-corrected chi connectivity index (χ2v) is 8.55. The summed E-state index contributed by atoms with van der Waals surface area (Å²) in [7, 11) is 1.34. The highest BCUT2D eigenvalue weighted by molar-refractivity contribution is 9.11. The Morgan fingerprint density at radius 1 is 1.20 bits per heavy atom. The number of carbonyl (C=O) groups excluding carboxylic acids is 1. The van der Waals surface area contributed by atoms with E-state index in [9.17, 15) is 14.7 Å². The van der Waals surface area contributed by atoms with Crippen LogP contribution in [0.25, 0.3) is 0 Å². The van der Waals surface area contributed by atoms with Crippen LogP contribution in [0.4, 0.5) is 10.5 Å². The monoisotopic (exact) mass is 559 g/mol. The van der Waals surface area contributed by atoms with Crippen molar-refractivity contribution in [3.8, 4) is 5.75 Å². The van der Waals surface area contributed by atoms with Crippen LogP contribution in [0.5, 0.6) is 5.75 Å². The van der Waals surface area contributed by atoms with Crippen molar-refractivity contribution >= 4 is 61.4 Å². The van der Waals surface area contributed by atoms with Gasteiger partial charge in [0.1, 0.15) is 11.9 Å². The highest BCUT2D eigenvalue weighted by atomic mass is 79.9. The molecule has 2 atom stereocenters. The number of carbonyl (C=O) groups is 2. The predicted molar refractivity (Wildman–Crippen MR) is 122 cm³/mol. The standard InChI is InChI=1S/C20H19Br2NO6S/c1-28-16(7-8-17(24)25)19(14-9-11(21)10-15(22)18(14)26)29-20(27)23-12-3-5-13(30-2)6-4-12/h3-10,16,19,26H,1-2H3,(H,23,27)(H,24,25)/b8-7+/t16-,19-/m0/s1. The van der Waals surface area contributed by atoms with Gasteiger partial charge in [0, 0.05) is 33.8 Å². The van der Waals surface area contributed by atoms with E-state index in [4.69, 9.17) is 14.6 Å². The van der Waals surface area contributed by atoms with E-state index in [0.717, 1.165) is 11.0 Å². The number of phenolic OH excluding ortho intramolecular Hbond substituents is 1. The molecule has 30 heavy (non-hydrogen) atoms. The second kappa shape index (κ2) is 11.4. The number of rotatable bonds is 8. The molecule has 0 aliphatic carbocycles. The summed E-state index contributed by atoms with van der Waals surface area (Å²) < 4.78 is 11.9. The summed E-state index contributed by atoms with van der Waals surface area (Å²) in [6, 6.07) is 10.3. The van der Waals surface area contributed by atoms with Crippen LogP contribution in [-0.2, 0) is 14.3 Å². The zero-order chi connectivity index (χ0) is 22.3. The number of phenols is 1. The Bertz CT molecular complexity index is 936. The zero-order valence-corrected chi connectivity index (χ0v) is 20.0. The third-order valence-corrected chi connectivity index (χ3v) is 5.74. The molecule has 0 aliphatic rings. The van der Waals surface area contributed by atoms with Crippen LogP contribution in [-0.4, -0.2) is 41.7 Å². The molecule has 2 aromatic rings. The number of carboxylic acid groups (broad SMARTS) is 1. The van der Waals surface area contributed by atoms with Crippen molar-refractivity contribution < 1.29 is 29.3 Å². The fraction of sp³-hybridized carbons (Fsp3) is 0.200. The maximum atomic E-state index is 12.6. The van der Waals surface area contributed by atoms with Gasteiger partial charge in [-0.25, -0.2) is 9.59 Å². The van der Waals surface area contributed by atoms with E-state index in [2.05, 4.69) is 37.2 Å². The molecule has 0 aromatic heterocycles. The minimum Gasteiger partial charge on any atom is -0.506 e. The highest BCUT2D eigenvalue weighted by Crippen LogP contribution is 2.39.